The second-order valence-electron chi connectivity index (χ2n) is 3.63. The number of hydrogen-bond acceptors (Lipinski definition) is 4. The molecule has 9 heteroatoms. The number of hydrogen-bond donors (Lipinski definition) is 2. The maximum atomic E-state index is 12.8. The molecule has 1 unspecified atom stereocenters. The van der Waals surface area contributed by atoms with Crippen LogP contribution < -0.4 is 5.32 Å². The molecule has 2 N–H and O–H groups in total. The highest BCUT2D eigenvalue weighted by molar-refractivity contribution is 6.30. The summed E-state index contributed by atoms with van der Waals surface area (Å²) >= 11 is 5.66. The van der Waals surface area contributed by atoms with Gasteiger partial charge in [0.25, 0.3) is 0 Å². The second-order valence-corrected chi connectivity index (χ2v) is 4.06. The lowest BCUT2D eigenvalue weighted by atomic mass is 10.1. The van der Waals surface area contributed by atoms with E-state index in [4.69, 9.17) is 16.7 Å². The van der Waals surface area contributed by atoms with Crippen molar-refractivity contribution in [2.45, 2.75) is 12.2 Å². The molecule has 2 heterocycles. The molecule has 0 spiro atoms. The van der Waals surface area contributed by atoms with Gasteiger partial charge < -0.3 is 15.2 Å². The van der Waals surface area contributed by atoms with Crippen LogP contribution in [-0.2, 0) is 4.74 Å². The summed E-state index contributed by atoms with van der Waals surface area (Å²) in [5.41, 5.74) is 0.212. The number of rotatable bonds is 1. The fourth-order valence-electron chi connectivity index (χ4n) is 1.56. The third kappa shape index (κ3) is 2.90. The van der Waals surface area contributed by atoms with Crippen molar-refractivity contribution in [2.24, 2.45) is 0 Å². The highest BCUT2D eigenvalue weighted by Crippen LogP contribution is 2.35. The molecular weight excluding hydrogens is 289 g/mol. The third-order valence-electron chi connectivity index (χ3n) is 2.28. The van der Waals surface area contributed by atoms with E-state index in [-0.39, 0.29) is 16.4 Å². The number of carbonyl (C=O) groups is 1. The largest absolute Gasteiger partial charge is 0.511 e. The third-order valence-corrected chi connectivity index (χ3v) is 2.49. The van der Waals surface area contributed by atoms with Crippen molar-refractivity contribution in [1.29, 1.82) is 0 Å². The van der Waals surface area contributed by atoms with Crippen LogP contribution in [0.25, 0.3) is 6.08 Å². The minimum absolute atomic E-state index is 0.0514. The lowest BCUT2D eigenvalue weighted by Gasteiger charge is -2.27. The Hall–Kier alpha value is -1.96. The van der Waals surface area contributed by atoms with E-state index >= 15 is 0 Å². The summed E-state index contributed by atoms with van der Waals surface area (Å²) in [4.78, 5) is 14.1. The Morgan fingerprint density at radius 3 is 2.79 bits per heavy atom. The van der Waals surface area contributed by atoms with Gasteiger partial charge in [0.1, 0.15) is 11.6 Å². The number of nitrogens with zero attached hydrogens (tertiary/aromatic N) is 1. The number of halogens is 4. The number of aromatic nitrogens is 1. The van der Waals surface area contributed by atoms with E-state index in [9.17, 15) is 18.0 Å². The van der Waals surface area contributed by atoms with Crippen molar-refractivity contribution < 1.29 is 27.8 Å². The lowest BCUT2D eigenvalue weighted by Crippen LogP contribution is -2.41. The predicted molar refractivity (Wildman–Crippen MR) is 59.8 cm³/mol. The van der Waals surface area contributed by atoms with Gasteiger partial charge in [-0.3, -0.25) is 0 Å². The average molecular weight is 295 g/mol. The quantitative estimate of drug-likeness (QED) is 0.779. The average Bonchev–Trinajstić information content (AvgIpc) is 2.25. The first-order valence-corrected chi connectivity index (χ1v) is 5.26. The summed E-state index contributed by atoms with van der Waals surface area (Å²) in [6, 6.07) is -0.931. The zero-order valence-electron chi connectivity index (χ0n) is 9.03. The molecule has 0 fully saturated rings. The van der Waals surface area contributed by atoms with Crippen molar-refractivity contribution >= 4 is 29.7 Å². The number of ether oxygens (including phenoxy) is 1. The first kappa shape index (κ1) is 13.5. The number of fused-ring (bicyclic) bond motifs is 1. The van der Waals surface area contributed by atoms with Crippen LogP contribution in [0.5, 0.6) is 0 Å². The van der Waals surface area contributed by atoms with Crippen molar-refractivity contribution in [3.8, 4) is 0 Å². The summed E-state index contributed by atoms with van der Waals surface area (Å²) in [6.45, 7) is 0. The smallest absolute Gasteiger partial charge is 0.449 e. The molecule has 102 valence electrons. The van der Waals surface area contributed by atoms with Crippen LogP contribution in [0.2, 0.25) is 5.02 Å². The maximum Gasteiger partial charge on any atom is 0.511 e. The van der Waals surface area contributed by atoms with Crippen LogP contribution in [-0.4, -0.2) is 28.5 Å². The molecule has 19 heavy (non-hydrogen) atoms. The number of nitrogens with one attached hydrogen (secondary N) is 1. The molecule has 0 amide bonds. The Morgan fingerprint density at radius 1 is 1.53 bits per heavy atom. The van der Waals surface area contributed by atoms with E-state index in [2.05, 4.69) is 15.0 Å². The van der Waals surface area contributed by atoms with Crippen LogP contribution in [0.1, 0.15) is 5.56 Å². The van der Waals surface area contributed by atoms with Crippen LogP contribution in [0.15, 0.2) is 18.0 Å². The predicted octanol–water partition coefficient (Wildman–Crippen LogP) is 3.13. The van der Waals surface area contributed by atoms with Gasteiger partial charge in [-0.25, -0.2) is 9.78 Å². The molecule has 0 aliphatic carbocycles. The zero-order chi connectivity index (χ0) is 14.2. The normalized spacial score (nSPS) is 18.1. The Labute approximate surface area is 109 Å². The number of pyridine rings is 1. The highest BCUT2D eigenvalue weighted by Gasteiger charge is 2.46. The lowest BCUT2D eigenvalue weighted by molar-refractivity contribution is -0.140. The number of carboxylic acid groups (broad SMARTS) is 1. The van der Waals surface area contributed by atoms with E-state index in [0.29, 0.717) is 0 Å². The molecule has 0 aromatic carbocycles. The second kappa shape index (κ2) is 4.61. The molecule has 1 atom stereocenters. The van der Waals surface area contributed by atoms with Gasteiger partial charge in [0.05, 0.1) is 5.02 Å². The molecule has 0 saturated carbocycles. The molecule has 2 rings (SSSR count). The van der Waals surface area contributed by atoms with Crippen LogP contribution >= 0.6 is 11.6 Å². The van der Waals surface area contributed by atoms with Gasteiger partial charge in [-0.1, -0.05) is 11.6 Å². The molecule has 0 bridgehead atoms. The minimum Gasteiger partial charge on any atom is -0.449 e. The molecule has 1 aromatic rings. The summed E-state index contributed by atoms with van der Waals surface area (Å²) in [7, 11) is 0. The standard InChI is InChI=1S/C10H6ClF3N2O3/c11-5-1-4-2-6(19-9(17)18)7(10(12,13)14)16-8(4)15-3-5/h1-3,7H,(H,15,16)(H,17,18). The SMILES string of the molecule is O=C(O)OC1=Cc2cc(Cl)cnc2NC1C(F)(F)F. The summed E-state index contributed by atoms with van der Waals surface area (Å²) in [5, 5.41) is 10.7. The summed E-state index contributed by atoms with van der Waals surface area (Å²) in [5.74, 6) is -0.832. The van der Waals surface area contributed by atoms with Gasteiger partial charge in [0.15, 0.2) is 6.04 Å². The van der Waals surface area contributed by atoms with Gasteiger partial charge in [-0.05, 0) is 12.1 Å². The maximum absolute atomic E-state index is 12.8. The topological polar surface area (TPSA) is 71.5 Å². The molecule has 0 radical (unpaired) electrons. The Balaban J connectivity index is 2.46. The van der Waals surface area contributed by atoms with Crippen molar-refractivity contribution in [2.75, 3.05) is 5.32 Å². The molecule has 0 saturated heterocycles. The Kier molecular flexibility index (Phi) is 3.27. The van der Waals surface area contributed by atoms with E-state index in [1.54, 1.807) is 0 Å². The van der Waals surface area contributed by atoms with Crippen LogP contribution in [0.4, 0.5) is 23.8 Å². The summed E-state index contributed by atoms with van der Waals surface area (Å²) < 4.78 is 42.5. The van der Waals surface area contributed by atoms with Gasteiger partial charge in [-0.15, -0.1) is 0 Å². The molecule has 1 aliphatic heterocycles. The van der Waals surface area contributed by atoms with Crippen molar-refractivity contribution in [3.63, 3.8) is 0 Å². The van der Waals surface area contributed by atoms with Gasteiger partial charge in [-0.2, -0.15) is 13.2 Å². The molecule has 1 aliphatic rings. The van der Waals surface area contributed by atoms with E-state index in [1.807, 2.05) is 0 Å². The number of alkyl halides is 3. The van der Waals surface area contributed by atoms with Gasteiger partial charge >= 0.3 is 12.3 Å². The Bertz CT molecular complexity index is 559. The monoisotopic (exact) mass is 294 g/mol. The summed E-state index contributed by atoms with van der Waals surface area (Å²) in [6.07, 6.45) is -4.43. The molecule has 1 aromatic heterocycles. The van der Waals surface area contributed by atoms with Crippen molar-refractivity contribution in [3.05, 3.63) is 28.6 Å². The van der Waals surface area contributed by atoms with Crippen molar-refractivity contribution in [1.82, 2.24) is 4.98 Å². The van der Waals surface area contributed by atoms with Crippen LogP contribution in [0, 0.1) is 0 Å². The molecular formula is C10H6ClF3N2O3. The fraction of sp³-hybridized carbons (Fsp3) is 0.200. The van der Waals surface area contributed by atoms with Gasteiger partial charge in [0, 0.05) is 11.8 Å². The highest BCUT2D eigenvalue weighted by atomic mass is 35.5. The van der Waals surface area contributed by atoms with Gasteiger partial charge in [0.2, 0.25) is 0 Å². The minimum atomic E-state index is -4.72. The number of anilines is 1. The fourth-order valence-corrected chi connectivity index (χ4v) is 1.73. The first-order chi connectivity index (χ1) is 8.77. The van der Waals surface area contributed by atoms with E-state index in [1.165, 1.54) is 12.3 Å². The van der Waals surface area contributed by atoms with E-state index in [0.717, 1.165) is 6.08 Å². The first-order valence-electron chi connectivity index (χ1n) is 4.88. The van der Waals surface area contributed by atoms with E-state index < -0.39 is 24.1 Å². The Morgan fingerprint density at radius 2 is 2.21 bits per heavy atom. The zero-order valence-corrected chi connectivity index (χ0v) is 9.79. The molecule has 5 nitrogen and oxygen atoms in total. The van der Waals surface area contributed by atoms with Crippen LogP contribution in [0.3, 0.4) is 0 Å².